The number of carbonyl (C=O) groups excluding carboxylic acids is 2. The van der Waals surface area contributed by atoms with Crippen LogP contribution in [0.15, 0.2) is 18.2 Å². The number of hydrogen-bond donors (Lipinski definition) is 1. The predicted octanol–water partition coefficient (Wildman–Crippen LogP) is 1.37. The molecule has 0 aromatic heterocycles. The summed E-state index contributed by atoms with van der Waals surface area (Å²) in [6.07, 6.45) is 0. The molecule has 1 aliphatic heterocycles. The average Bonchev–Trinajstić information content (AvgIpc) is 2.47. The molecule has 0 spiro atoms. The Balaban J connectivity index is 1.91. The van der Waals surface area contributed by atoms with E-state index < -0.39 is 5.82 Å². The Bertz CT molecular complexity index is 560. The molecule has 22 heavy (non-hydrogen) atoms. The molecule has 1 aliphatic rings. The molecule has 0 unspecified atom stereocenters. The number of hydrogen-bond acceptors (Lipinski definition) is 3. The SMILES string of the molecule is CCNC(=O)CN1CCN(C(=O)c2ccc(F)cc2Cl)CC1. The molecular weight excluding hydrogens is 309 g/mol. The highest BCUT2D eigenvalue weighted by atomic mass is 35.5. The number of nitrogens with one attached hydrogen (secondary N) is 1. The minimum Gasteiger partial charge on any atom is -0.355 e. The van der Waals surface area contributed by atoms with E-state index in [-0.39, 0.29) is 16.8 Å². The normalized spacial score (nSPS) is 15.7. The summed E-state index contributed by atoms with van der Waals surface area (Å²) in [6, 6.07) is 3.77. The fraction of sp³-hybridized carbons (Fsp3) is 0.467. The highest BCUT2D eigenvalue weighted by molar-refractivity contribution is 6.33. The minimum absolute atomic E-state index is 0.0103. The van der Waals surface area contributed by atoms with E-state index in [1.54, 1.807) is 4.90 Å². The summed E-state index contributed by atoms with van der Waals surface area (Å²) in [7, 11) is 0. The molecule has 1 fully saturated rings. The lowest BCUT2D eigenvalue weighted by Gasteiger charge is -2.34. The fourth-order valence-corrected chi connectivity index (χ4v) is 2.65. The van der Waals surface area contributed by atoms with Gasteiger partial charge in [-0.1, -0.05) is 11.6 Å². The number of nitrogens with zero attached hydrogens (tertiary/aromatic N) is 2. The molecule has 120 valence electrons. The molecule has 2 rings (SSSR count). The van der Waals surface area contributed by atoms with Crippen molar-refractivity contribution in [2.75, 3.05) is 39.3 Å². The van der Waals surface area contributed by atoms with E-state index in [1.807, 2.05) is 11.8 Å². The molecular formula is C15H19ClFN3O2. The van der Waals surface area contributed by atoms with Crippen molar-refractivity contribution in [2.45, 2.75) is 6.92 Å². The molecule has 1 saturated heterocycles. The van der Waals surface area contributed by atoms with E-state index in [0.29, 0.717) is 44.8 Å². The summed E-state index contributed by atoms with van der Waals surface area (Å²) in [4.78, 5) is 27.6. The van der Waals surface area contributed by atoms with Crippen molar-refractivity contribution < 1.29 is 14.0 Å². The Morgan fingerprint density at radius 1 is 1.27 bits per heavy atom. The van der Waals surface area contributed by atoms with Gasteiger partial charge in [-0.2, -0.15) is 0 Å². The Kier molecular flexibility index (Phi) is 5.74. The molecule has 0 aliphatic carbocycles. The van der Waals surface area contributed by atoms with E-state index in [0.717, 1.165) is 6.07 Å². The fourth-order valence-electron chi connectivity index (χ4n) is 2.40. The van der Waals surface area contributed by atoms with Gasteiger partial charge in [0.25, 0.3) is 5.91 Å². The van der Waals surface area contributed by atoms with Crippen molar-refractivity contribution in [3.63, 3.8) is 0 Å². The second-order valence-corrected chi connectivity index (χ2v) is 5.55. The van der Waals surface area contributed by atoms with Crippen LogP contribution in [-0.4, -0.2) is 60.9 Å². The molecule has 1 aromatic carbocycles. The topological polar surface area (TPSA) is 52.7 Å². The van der Waals surface area contributed by atoms with Crippen LogP contribution in [0.2, 0.25) is 5.02 Å². The van der Waals surface area contributed by atoms with Gasteiger partial charge in [-0.25, -0.2) is 4.39 Å². The van der Waals surface area contributed by atoms with Crippen molar-refractivity contribution in [3.8, 4) is 0 Å². The van der Waals surface area contributed by atoms with Gasteiger partial charge in [0.15, 0.2) is 0 Å². The van der Waals surface area contributed by atoms with Crippen molar-refractivity contribution in [1.29, 1.82) is 0 Å². The number of carbonyl (C=O) groups is 2. The van der Waals surface area contributed by atoms with Crippen molar-refractivity contribution in [1.82, 2.24) is 15.1 Å². The van der Waals surface area contributed by atoms with Crippen LogP contribution < -0.4 is 5.32 Å². The summed E-state index contributed by atoms with van der Waals surface area (Å²) >= 11 is 5.93. The van der Waals surface area contributed by atoms with Crippen molar-refractivity contribution >= 4 is 23.4 Å². The summed E-state index contributed by atoms with van der Waals surface area (Å²) in [5, 5.41) is 2.87. The van der Waals surface area contributed by atoms with Gasteiger partial charge < -0.3 is 10.2 Å². The number of likely N-dealkylation sites (N-methyl/N-ethyl adjacent to an activating group) is 1. The molecule has 1 aromatic rings. The Hall–Kier alpha value is -1.66. The summed E-state index contributed by atoms with van der Waals surface area (Å²) in [5.74, 6) is -0.681. The molecule has 0 bridgehead atoms. The second-order valence-electron chi connectivity index (χ2n) is 5.15. The largest absolute Gasteiger partial charge is 0.355 e. The van der Waals surface area contributed by atoms with Crippen molar-refractivity contribution in [3.05, 3.63) is 34.6 Å². The van der Waals surface area contributed by atoms with Gasteiger partial charge in [-0.15, -0.1) is 0 Å². The Morgan fingerprint density at radius 3 is 2.55 bits per heavy atom. The summed E-state index contributed by atoms with van der Waals surface area (Å²) in [5.41, 5.74) is 0.306. The smallest absolute Gasteiger partial charge is 0.255 e. The lowest BCUT2D eigenvalue weighted by molar-refractivity contribution is -0.122. The molecule has 0 atom stereocenters. The lowest BCUT2D eigenvalue weighted by atomic mass is 10.1. The van der Waals surface area contributed by atoms with E-state index in [9.17, 15) is 14.0 Å². The zero-order chi connectivity index (χ0) is 16.1. The number of amides is 2. The van der Waals surface area contributed by atoms with Crippen LogP contribution in [0, 0.1) is 5.82 Å². The molecule has 2 amide bonds. The lowest BCUT2D eigenvalue weighted by Crippen LogP contribution is -2.51. The number of piperazine rings is 1. The molecule has 5 nitrogen and oxygen atoms in total. The van der Waals surface area contributed by atoms with Gasteiger partial charge in [-0.05, 0) is 25.1 Å². The zero-order valence-corrected chi connectivity index (χ0v) is 13.2. The van der Waals surface area contributed by atoms with E-state index >= 15 is 0 Å². The molecule has 1 N–H and O–H groups in total. The first-order chi connectivity index (χ1) is 10.5. The first-order valence-electron chi connectivity index (χ1n) is 7.24. The molecule has 1 heterocycles. The van der Waals surface area contributed by atoms with E-state index in [2.05, 4.69) is 5.32 Å². The first kappa shape index (κ1) is 16.7. The quantitative estimate of drug-likeness (QED) is 0.909. The minimum atomic E-state index is -0.465. The van der Waals surface area contributed by atoms with Crippen LogP contribution >= 0.6 is 11.6 Å². The Morgan fingerprint density at radius 2 is 1.95 bits per heavy atom. The van der Waals surface area contributed by atoms with Gasteiger partial charge in [-0.3, -0.25) is 14.5 Å². The molecule has 7 heteroatoms. The maximum absolute atomic E-state index is 13.0. The van der Waals surface area contributed by atoms with Crippen LogP contribution in [0.1, 0.15) is 17.3 Å². The first-order valence-corrected chi connectivity index (χ1v) is 7.62. The van der Waals surface area contributed by atoms with Crippen LogP contribution in [0.5, 0.6) is 0 Å². The van der Waals surface area contributed by atoms with Crippen molar-refractivity contribution in [2.24, 2.45) is 0 Å². The van der Waals surface area contributed by atoms with Gasteiger partial charge in [0, 0.05) is 32.7 Å². The maximum Gasteiger partial charge on any atom is 0.255 e. The Labute approximate surface area is 134 Å². The summed E-state index contributed by atoms with van der Waals surface area (Å²) in [6.45, 7) is 5.12. The number of halogens is 2. The highest BCUT2D eigenvalue weighted by Crippen LogP contribution is 2.19. The van der Waals surface area contributed by atoms with Crippen LogP contribution in [-0.2, 0) is 4.79 Å². The maximum atomic E-state index is 13.0. The zero-order valence-electron chi connectivity index (χ0n) is 12.4. The average molecular weight is 328 g/mol. The third-order valence-corrected chi connectivity index (χ3v) is 3.87. The standard InChI is InChI=1S/C15H19ClFN3O2/c1-2-18-14(21)10-19-5-7-20(8-6-19)15(22)12-4-3-11(17)9-13(12)16/h3-4,9H,2,5-8,10H2,1H3,(H,18,21). The van der Waals surface area contributed by atoms with E-state index in [1.165, 1.54) is 12.1 Å². The highest BCUT2D eigenvalue weighted by Gasteiger charge is 2.24. The molecule has 0 saturated carbocycles. The third-order valence-electron chi connectivity index (χ3n) is 3.56. The number of benzene rings is 1. The predicted molar refractivity (Wildman–Crippen MR) is 82.4 cm³/mol. The summed E-state index contributed by atoms with van der Waals surface area (Å²) < 4.78 is 13.0. The van der Waals surface area contributed by atoms with E-state index in [4.69, 9.17) is 11.6 Å². The third kappa shape index (κ3) is 4.18. The second kappa shape index (κ2) is 7.56. The number of rotatable bonds is 4. The van der Waals surface area contributed by atoms with Crippen LogP contribution in [0.25, 0.3) is 0 Å². The van der Waals surface area contributed by atoms with Gasteiger partial charge in [0.1, 0.15) is 5.82 Å². The van der Waals surface area contributed by atoms with Gasteiger partial charge in [0.05, 0.1) is 17.1 Å². The monoisotopic (exact) mass is 327 g/mol. The van der Waals surface area contributed by atoms with Crippen LogP contribution in [0.3, 0.4) is 0 Å². The molecule has 0 radical (unpaired) electrons. The van der Waals surface area contributed by atoms with Gasteiger partial charge in [0.2, 0.25) is 5.91 Å². The van der Waals surface area contributed by atoms with Gasteiger partial charge >= 0.3 is 0 Å². The van der Waals surface area contributed by atoms with Crippen LogP contribution in [0.4, 0.5) is 4.39 Å².